The summed E-state index contributed by atoms with van der Waals surface area (Å²) < 4.78 is 39.6. The zero-order chi connectivity index (χ0) is 24.5. The fourth-order valence-electron chi connectivity index (χ4n) is 4.19. The lowest BCUT2D eigenvalue weighted by atomic mass is 9.96. The lowest BCUT2D eigenvalue weighted by Crippen LogP contribution is -2.45. The number of rotatable bonds is 5. The summed E-state index contributed by atoms with van der Waals surface area (Å²) in [6.07, 6.45) is -0.875. The number of hydrogen-bond acceptors (Lipinski definition) is 8. The number of piperidine rings is 1. The van der Waals surface area contributed by atoms with Crippen LogP contribution in [0.5, 0.6) is 0 Å². The fourth-order valence-corrected chi connectivity index (χ4v) is 4.19. The average molecular weight is 476 g/mol. The van der Waals surface area contributed by atoms with Crippen molar-refractivity contribution in [3.63, 3.8) is 0 Å². The molecule has 180 valence electrons. The minimum atomic E-state index is -4.51. The topological polar surface area (TPSA) is 138 Å². The SMILES string of the molecule is C=Nc1cnc(NCC2CCN(C(=O)C(N)=O)CC2)nc1C1CNc2ncc(C(F)(F)F)cc21. The first-order valence-electron chi connectivity index (χ1n) is 10.6. The van der Waals surface area contributed by atoms with Crippen LogP contribution in [0.2, 0.25) is 0 Å². The Morgan fingerprint density at radius 3 is 2.65 bits per heavy atom. The highest BCUT2D eigenvalue weighted by Gasteiger charge is 2.35. The molecular weight excluding hydrogens is 453 g/mol. The Hall–Kier alpha value is -3.77. The quantitative estimate of drug-likeness (QED) is 0.443. The number of pyridine rings is 1. The zero-order valence-corrected chi connectivity index (χ0v) is 18.1. The Morgan fingerprint density at radius 1 is 1.26 bits per heavy atom. The molecule has 0 saturated carbocycles. The summed E-state index contributed by atoms with van der Waals surface area (Å²) in [7, 11) is 0. The maximum atomic E-state index is 13.2. The van der Waals surface area contributed by atoms with Crippen molar-refractivity contribution in [2.24, 2.45) is 16.6 Å². The third-order valence-corrected chi connectivity index (χ3v) is 6.05. The monoisotopic (exact) mass is 476 g/mol. The van der Waals surface area contributed by atoms with Crippen LogP contribution in [0.25, 0.3) is 0 Å². The summed E-state index contributed by atoms with van der Waals surface area (Å²) in [4.78, 5) is 40.8. The molecule has 2 aromatic rings. The molecule has 0 aromatic carbocycles. The minimum absolute atomic E-state index is 0.216. The second-order valence-corrected chi connectivity index (χ2v) is 8.20. The van der Waals surface area contributed by atoms with Crippen LogP contribution < -0.4 is 16.4 Å². The lowest BCUT2D eigenvalue weighted by molar-refractivity contribution is -0.145. The van der Waals surface area contributed by atoms with Gasteiger partial charge in [0.1, 0.15) is 11.5 Å². The molecule has 4 N–H and O–H groups in total. The molecule has 1 fully saturated rings. The van der Waals surface area contributed by atoms with Crippen molar-refractivity contribution in [3.05, 3.63) is 35.3 Å². The molecule has 0 radical (unpaired) electrons. The van der Waals surface area contributed by atoms with Crippen LogP contribution >= 0.6 is 0 Å². The molecule has 2 aromatic heterocycles. The van der Waals surface area contributed by atoms with Gasteiger partial charge < -0.3 is 21.3 Å². The summed E-state index contributed by atoms with van der Waals surface area (Å²) in [5, 5.41) is 6.18. The van der Waals surface area contributed by atoms with Crippen molar-refractivity contribution >= 4 is 36.0 Å². The minimum Gasteiger partial charge on any atom is -0.369 e. The van der Waals surface area contributed by atoms with Gasteiger partial charge in [0, 0.05) is 43.9 Å². The lowest BCUT2D eigenvalue weighted by Gasteiger charge is -2.31. The first-order chi connectivity index (χ1) is 16.2. The van der Waals surface area contributed by atoms with Gasteiger partial charge in [-0.25, -0.2) is 15.0 Å². The van der Waals surface area contributed by atoms with Gasteiger partial charge in [-0.2, -0.15) is 13.2 Å². The number of anilines is 2. The summed E-state index contributed by atoms with van der Waals surface area (Å²) in [6.45, 7) is 5.23. The smallest absolute Gasteiger partial charge is 0.369 e. The largest absolute Gasteiger partial charge is 0.417 e. The number of carbonyl (C=O) groups excluding carboxylic acids is 2. The van der Waals surface area contributed by atoms with E-state index in [1.165, 1.54) is 11.1 Å². The van der Waals surface area contributed by atoms with E-state index in [9.17, 15) is 22.8 Å². The van der Waals surface area contributed by atoms with Gasteiger partial charge in [-0.15, -0.1) is 0 Å². The summed E-state index contributed by atoms with van der Waals surface area (Å²) in [6, 6.07) is 1.08. The summed E-state index contributed by atoms with van der Waals surface area (Å²) >= 11 is 0. The molecule has 1 unspecified atom stereocenters. The fraction of sp³-hybridized carbons (Fsp3) is 0.429. The highest BCUT2D eigenvalue weighted by atomic mass is 19.4. The number of alkyl halides is 3. The van der Waals surface area contributed by atoms with Crippen molar-refractivity contribution < 1.29 is 22.8 Å². The number of carbonyl (C=O) groups is 2. The van der Waals surface area contributed by atoms with Gasteiger partial charge in [-0.05, 0) is 31.5 Å². The van der Waals surface area contributed by atoms with E-state index in [0.29, 0.717) is 67.7 Å². The van der Waals surface area contributed by atoms with Crippen LogP contribution in [-0.4, -0.2) is 64.6 Å². The standard InChI is InChI=1S/C21H23F3N8O2/c1-26-15-10-30-20(29-7-11-2-4-32(5-3-11)19(34)17(25)33)31-16(15)14-9-28-18-13(14)6-12(8-27-18)21(22,23)24/h6,8,10-11,14H,1-5,7,9H2,(H2,25,33)(H,27,28)(H,29,30,31). The van der Waals surface area contributed by atoms with Crippen LogP contribution in [0.15, 0.2) is 23.5 Å². The molecule has 10 nitrogen and oxygen atoms in total. The van der Waals surface area contributed by atoms with E-state index in [-0.39, 0.29) is 5.92 Å². The van der Waals surface area contributed by atoms with Gasteiger partial charge in [0.2, 0.25) is 5.95 Å². The second kappa shape index (κ2) is 9.23. The van der Waals surface area contributed by atoms with Crippen LogP contribution in [-0.2, 0) is 15.8 Å². The van der Waals surface area contributed by atoms with Crippen molar-refractivity contribution in [1.82, 2.24) is 19.9 Å². The van der Waals surface area contributed by atoms with Crippen LogP contribution in [0.3, 0.4) is 0 Å². The van der Waals surface area contributed by atoms with Crippen LogP contribution in [0.4, 0.5) is 30.6 Å². The molecule has 1 atom stereocenters. The average Bonchev–Trinajstić information content (AvgIpc) is 3.25. The van der Waals surface area contributed by atoms with Gasteiger partial charge >= 0.3 is 18.0 Å². The van der Waals surface area contributed by atoms with Gasteiger partial charge in [-0.1, -0.05) is 0 Å². The van der Waals surface area contributed by atoms with E-state index in [1.54, 1.807) is 0 Å². The highest BCUT2D eigenvalue weighted by molar-refractivity contribution is 6.34. The summed E-state index contributed by atoms with van der Waals surface area (Å²) in [5.41, 5.74) is 5.42. The first kappa shape index (κ1) is 23.4. The number of nitrogens with zero attached hydrogens (tertiary/aromatic N) is 5. The Kier molecular flexibility index (Phi) is 6.35. The van der Waals surface area contributed by atoms with Crippen molar-refractivity contribution in [2.45, 2.75) is 24.9 Å². The van der Waals surface area contributed by atoms with E-state index < -0.39 is 29.5 Å². The molecule has 1 saturated heterocycles. The molecule has 0 spiro atoms. The second-order valence-electron chi connectivity index (χ2n) is 8.20. The molecule has 0 aliphatic carbocycles. The number of amides is 2. The Bertz CT molecular complexity index is 1120. The number of aliphatic imine (C=N–C) groups is 1. The van der Waals surface area contributed by atoms with Gasteiger partial charge in [-0.3, -0.25) is 14.6 Å². The summed E-state index contributed by atoms with van der Waals surface area (Å²) in [5.74, 6) is -1.25. The van der Waals surface area contributed by atoms with Crippen molar-refractivity contribution in [1.29, 1.82) is 0 Å². The molecule has 0 bridgehead atoms. The van der Waals surface area contributed by atoms with Crippen LogP contribution in [0.1, 0.15) is 35.6 Å². The van der Waals surface area contributed by atoms with Crippen LogP contribution in [0, 0.1) is 5.92 Å². The molecule has 2 aliphatic rings. The third-order valence-electron chi connectivity index (χ3n) is 6.05. The van der Waals surface area contributed by atoms with E-state index in [4.69, 9.17) is 5.73 Å². The van der Waals surface area contributed by atoms with Crippen molar-refractivity contribution in [2.75, 3.05) is 36.8 Å². The number of hydrogen-bond donors (Lipinski definition) is 3. The number of primary amides is 1. The van der Waals surface area contributed by atoms with Gasteiger partial charge in [0.15, 0.2) is 0 Å². The van der Waals surface area contributed by atoms with E-state index in [0.717, 1.165) is 12.3 Å². The number of fused-ring (bicyclic) bond motifs is 1. The molecule has 2 amide bonds. The third kappa shape index (κ3) is 4.77. The predicted octanol–water partition coefficient (Wildman–Crippen LogP) is 1.92. The predicted molar refractivity (Wildman–Crippen MR) is 118 cm³/mol. The maximum absolute atomic E-state index is 13.2. The highest BCUT2D eigenvalue weighted by Crippen LogP contribution is 2.40. The number of aromatic nitrogens is 3. The molecule has 13 heteroatoms. The number of nitrogens with two attached hydrogens (primary N) is 1. The maximum Gasteiger partial charge on any atom is 0.417 e. The number of nitrogens with one attached hydrogen (secondary N) is 2. The molecule has 4 heterocycles. The van der Waals surface area contributed by atoms with Gasteiger partial charge in [0.25, 0.3) is 0 Å². The number of likely N-dealkylation sites (tertiary alicyclic amines) is 1. The molecule has 34 heavy (non-hydrogen) atoms. The zero-order valence-electron chi connectivity index (χ0n) is 18.1. The molecule has 2 aliphatic heterocycles. The van der Waals surface area contributed by atoms with E-state index in [2.05, 4.69) is 37.3 Å². The van der Waals surface area contributed by atoms with Gasteiger partial charge in [0.05, 0.1) is 17.5 Å². The Balaban J connectivity index is 1.48. The molecule has 4 rings (SSSR count). The van der Waals surface area contributed by atoms with Crippen molar-refractivity contribution in [3.8, 4) is 0 Å². The van der Waals surface area contributed by atoms with E-state index >= 15 is 0 Å². The van der Waals surface area contributed by atoms with E-state index in [1.807, 2.05) is 0 Å². The normalized spacial score (nSPS) is 18.2. The molecular formula is C21H23F3N8O2. The Morgan fingerprint density at radius 2 is 2.00 bits per heavy atom. The first-order valence-corrected chi connectivity index (χ1v) is 10.6. The number of halogens is 3. The Labute approximate surface area is 192 Å².